The minimum absolute atomic E-state index is 0.182. The molecule has 1 aliphatic heterocycles. The van der Waals surface area contributed by atoms with Crippen molar-refractivity contribution in [3.05, 3.63) is 48.0 Å². The predicted octanol–water partition coefficient (Wildman–Crippen LogP) is 4.58. The molecule has 1 aromatic heterocycles. The molecular weight excluding hydrogens is 412 g/mol. The van der Waals surface area contributed by atoms with Crippen LogP contribution in [0, 0.1) is 12.8 Å². The van der Waals surface area contributed by atoms with Crippen molar-refractivity contribution in [3.8, 4) is 17.1 Å². The summed E-state index contributed by atoms with van der Waals surface area (Å²) in [6.45, 7) is 5.95. The number of hydrogen-bond acceptors (Lipinski definition) is 6. The van der Waals surface area contributed by atoms with Crippen LogP contribution in [0.25, 0.3) is 22.3 Å². The summed E-state index contributed by atoms with van der Waals surface area (Å²) in [6.07, 6.45) is 5.76. The largest absolute Gasteiger partial charge is 0.507 e. The van der Waals surface area contributed by atoms with Gasteiger partial charge in [0.1, 0.15) is 17.4 Å². The van der Waals surface area contributed by atoms with Crippen molar-refractivity contribution in [3.63, 3.8) is 0 Å². The molecule has 1 saturated carbocycles. The van der Waals surface area contributed by atoms with E-state index in [2.05, 4.69) is 34.9 Å². The third kappa shape index (κ3) is 4.86. The van der Waals surface area contributed by atoms with Crippen LogP contribution in [0.2, 0.25) is 0 Å². The van der Waals surface area contributed by atoms with Crippen LogP contribution >= 0.6 is 0 Å². The molecule has 2 aliphatic rings. The van der Waals surface area contributed by atoms with Gasteiger partial charge in [-0.3, -0.25) is 9.69 Å². The van der Waals surface area contributed by atoms with Gasteiger partial charge in [-0.05, 0) is 42.7 Å². The second-order valence-corrected chi connectivity index (χ2v) is 9.57. The summed E-state index contributed by atoms with van der Waals surface area (Å²) in [5.74, 6) is 2.62. The van der Waals surface area contributed by atoms with Gasteiger partial charge in [0.25, 0.3) is 0 Å². The second kappa shape index (κ2) is 9.48. The highest BCUT2D eigenvalue weighted by atomic mass is 16.3. The Morgan fingerprint density at radius 2 is 1.79 bits per heavy atom. The molecule has 0 bridgehead atoms. The topological polar surface area (TPSA) is 69.6 Å². The first-order chi connectivity index (χ1) is 16.1. The van der Waals surface area contributed by atoms with E-state index in [1.807, 2.05) is 12.1 Å². The molecule has 1 N–H and O–H groups in total. The Hall–Kier alpha value is -2.99. The normalized spacial score (nSPS) is 17.7. The Bertz CT molecular complexity index is 1150. The number of Topliss-reactive ketones (excluding diaryl/α,β-unsaturated/α-hetero) is 1. The number of nitrogens with zero attached hydrogens (tertiary/aromatic N) is 4. The van der Waals surface area contributed by atoms with Gasteiger partial charge in [0.2, 0.25) is 0 Å². The average Bonchev–Trinajstić information content (AvgIpc) is 3.32. The number of carbonyl (C=O) groups excluding carboxylic acids is 1. The number of ketones is 1. The highest BCUT2D eigenvalue weighted by Gasteiger charge is 2.24. The number of hydrogen-bond donors (Lipinski definition) is 1. The summed E-state index contributed by atoms with van der Waals surface area (Å²) >= 11 is 0. The van der Waals surface area contributed by atoms with Gasteiger partial charge in [-0.25, -0.2) is 9.97 Å². The number of phenolic OH excluding ortho intramolecular Hbond substituents is 1. The Balaban J connectivity index is 1.35. The van der Waals surface area contributed by atoms with Gasteiger partial charge < -0.3 is 10.0 Å². The monoisotopic (exact) mass is 444 g/mol. The molecule has 0 atom stereocenters. The molecule has 5 rings (SSSR count). The molecule has 2 heterocycles. The number of aromatic hydroxyl groups is 1. The van der Waals surface area contributed by atoms with Crippen LogP contribution in [0.4, 0.5) is 5.82 Å². The Labute approximate surface area is 195 Å². The van der Waals surface area contributed by atoms with Gasteiger partial charge in [0.15, 0.2) is 5.82 Å². The molecule has 33 heavy (non-hydrogen) atoms. The summed E-state index contributed by atoms with van der Waals surface area (Å²) in [7, 11) is 0. The van der Waals surface area contributed by atoms with Gasteiger partial charge in [-0.1, -0.05) is 43.9 Å². The van der Waals surface area contributed by atoms with E-state index in [4.69, 9.17) is 9.97 Å². The van der Waals surface area contributed by atoms with Crippen LogP contribution < -0.4 is 4.90 Å². The molecule has 1 saturated heterocycles. The van der Waals surface area contributed by atoms with Crippen LogP contribution in [0.1, 0.15) is 37.7 Å². The summed E-state index contributed by atoms with van der Waals surface area (Å²) < 4.78 is 0. The van der Waals surface area contributed by atoms with Crippen molar-refractivity contribution in [1.82, 2.24) is 14.9 Å². The van der Waals surface area contributed by atoms with Gasteiger partial charge in [-0.2, -0.15) is 0 Å². The molecule has 0 unspecified atom stereocenters. The second-order valence-electron chi connectivity index (χ2n) is 9.57. The fourth-order valence-electron chi connectivity index (χ4n) is 5.22. The van der Waals surface area contributed by atoms with Crippen LogP contribution in [-0.2, 0) is 4.79 Å². The molecule has 0 spiro atoms. The van der Waals surface area contributed by atoms with E-state index in [9.17, 15) is 9.90 Å². The highest BCUT2D eigenvalue weighted by molar-refractivity contribution is 5.92. The van der Waals surface area contributed by atoms with Gasteiger partial charge >= 0.3 is 0 Å². The van der Waals surface area contributed by atoms with Crippen molar-refractivity contribution in [1.29, 1.82) is 0 Å². The number of rotatable bonds is 6. The Morgan fingerprint density at radius 1 is 1.03 bits per heavy atom. The summed E-state index contributed by atoms with van der Waals surface area (Å²) in [4.78, 5) is 26.8. The van der Waals surface area contributed by atoms with Crippen LogP contribution in [0.3, 0.4) is 0 Å². The van der Waals surface area contributed by atoms with E-state index in [0.29, 0.717) is 29.6 Å². The molecular formula is C27H32N4O2. The van der Waals surface area contributed by atoms with Crippen molar-refractivity contribution in [2.45, 2.75) is 39.0 Å². The zero-order valence-corrected chi connectivity index (χ0v) is 19.3. The number of benzene rings is 2. The quantitative estimate of drug-likeness (QED) is 0.600. The molecule has 2 fully saturated rings. The number of fused-ring (bicyclic) bond motifs is 1. The third-order valence-corrected chi connectivity index (χ3v) is 7.04. The first kappa shape index (κ1) is 21.8. The van der Waals surface area contributed by atoms with Crippen molar-refractivity contribution in [2.24, 2.45) is 5.92 Å². The lowest BCUT2D eigenvalue weighted by Crippen LogP contribution is -2.48. The van der Waals surface area contributed by atoms with E-state index in [1.165, 1.54) is 25.7 Å². The SMILES string of the molecule is Cc1ccc2c(N3CCN(CC(=O)CC4CCCC4)CC3)nc(-c3ccccc3O)nc2c1. The van der Waals surface area contributed by atoms with Gasteiger partial charge in [0.05, 0.1) is 17.6 Å². The molecule has 3 aromatic rings. The lowest BCUT2D eigenvalue weighted by molar-refractivity contribution is -0.121. The molecule has 2 aromatic carbocycles. The maximum absolute atomic E-state index is 12.6. The van der Waals surface area contributed by atoms with E-state index >= 15 is 0 Å². The van der Waals surface area contributed by atoms with Crippen LogP contribution in [-0.4, -0.2) is 58.5 Å². The van der Waals surface area contributed by atoms with Gasteiger partial charge in [-0.15, -0.1) is 0 Å². The average molecular weight is 445 g/mol. The zero-order chi connectivity index (χ0) is 22.8. The lowest BCUT2D eigenvalue weighted by atomic mass is 10.0. The molecule has 0 amide bonds. The van der Waals surface area contributed by atoms with E-state index in [-0.39, 0.29) is 5.75 Å². The Morgan fingerprint density at radius 3 is 2.55 bits per heavy atom. The number of piperazine rings is 1. The number of carbonyl (C=O) groups is 1. The van der Waals surface area contributed by atoms with E-state index in [1.54, 1.807) is 12.1 Å². The van der Waals surface area contributed by atoms with E-state index < -0.39 is 0 Å². The number of para-hydroxylation sites is 1. The molecule has 172 valence electrons. The Kier molecular flexibility index (Phi) is 6.27. The number of phenols is 1. The number of aryl methyl sites for hydroxylation is 1. The summed E-state index contributed by atoms with van der Waals surface area (Å²) in [5.41, 5.74) is 2.66. The summed E-state index contributed by atoms with van der Waals surface area (Å²) in [5, 5.41) is 11.4. The molecule has 6 heteroatoms. The fraction of sp³-hybridized carbons (Fsp3) is 0.444. The standard InChI is InChI=1S/C27H32N4O2/c1-19-10-11-22-24(16-19)28-26(23-8-4-5-9-25(23)33)29-27(22)31-14-12-30(13-15-31)18-21(32)17-20-6-2-3-7-20/h4-5,8-11,16,20,33H,2-3,6-7,12-15,17-18H2,1H3. The number of aromatic nitrogens is 2. The fourth-order valence-corrected chi connectivity index (χ4v) is 5.22. The lowest BCUT2D eigenvalue weighted by Gasteiger charge is -2.35. The van der Waals surface area contributed by atoms with Crippen molar-refractivity contribution in [2.75, 3.05) is 37.6 Å². The molecule has 6 nitrogen and oxygen atoms in total. The van der Waals surface area contributed by atoms with Gasteiger partial charge in [0, 0.05) is 38.0 Å². The third-order valence-electron chi connectivity index (χ3n) is 7.04. The van der Waals surface area contributed by atoms with Crippen LogP contribution in [0.15, 0.2) is 42.5 Å². The summed E-state index contributed by atoms with van der Waals surface area (Å²) in [6, 6.07) is 13.5. The maximum atomic E-state index is 12.6. The predicted molar refractivity (Wildman–Crippen MR) is 132 cm³/mol. The molecule has 0 radical (unpaired) electrons. The minimum Gasteiger partial charge on any atom is -0.507 e. The highest BCUT2D eigenvalue weighted by Crippen LogP contribution is 2.32. The minimum atomic E-state index is 0.182. The van der Waals surface area contributed by atoms with Crippen LogP contribution in [0.5, 0.6) is 5.75 Å². The van der Waals surface area contributed by atoms with Crippen molar-refractivity contribution < 1.29 is 9.90 Å². The smallest absolute Gasteiger partial charge is 0.165 e. The first-order valence-corrected chi connectivity index (χ1v) is 12.1. The number of anilines is 1. The molecule has 1 aliphatic carbocycles. The first-order valence-electron chi connectivity index (χ1n) is 12.1. The maximum Gasteiger partial charge on any atom is 0.165 e. The zero-order valence-electron chi connectivity index (χ0n) is 19.3. The van der Waals surface area contributed by atoms with E-state index in [0.717, 1.165) is 54.9 Å². The van der Waals surface area contributed by atoms with Crippen molar-refractivity contribution >= 4 is 22.5 Å².